The van der Waals surface area contributed by atoms with Crippen LogP contribution in [0.4, 0.5) is 10.5 Å². The number of aromatic carboxylic acids is 1. The summed E-state index contributed by atoms with van der Waals surface area (Å²) in [6.07, 6.45) is 5.16. The maximum Gasteiger partial charge on any atom is 0.337 e. The monoisotopic (exact) mass is 546 g/mol. The summed E-state index contributed by atoms with van der Waals surface area (Å²) in [5.74, 6) is 0.269. The van der Waals surface area contributed by atoms with Crippen LogP contribution in [-0.4, -0.2) is 46.2 Å². The quantitative estimate of drug-likeness (QED) is 0.276. The van der Waals surface area contributed by atoms with Gasteiger partial charge in [-0.15, -0.1) is 0 Å². The highest BCUT2D eigenvalue weighted by atomic mass is 16.5. The zero-order valence-corrected chi connectivity index (χ0v) is 22.6. The molecule has 0 atom stereocenters. The number of pyridine rings is 1. The summed E-state index contributed by atoms with van der Waals surface area (Å²) in [7, 11) is 0. The van der Waals surface area contributed by atoms with Crippen LogP contribution in [0.15, 0.2) is 66.9 Å². The van der Waals surface area contributed by atoms with Gasteiger partial charge in [0.25, 0.3) is 0 Å². The number of nitrogens with one attached hydrogen (secondary N) is 3. The van der Waals surface area contributed by atoms with Crippen LogP contribution in [-0.2, 0) is 11.2 Å². The van der Waals surface area contributed by atoms with Crippen molar-refractivity contribution in [3.63, 3.8) is 0 Å². The lowest BCUT2D eigenvalue weighted by Crippen LogP contribution is -2.46. The van der Waals surface area contributed by atoms with E-state index in [1.165, 1.54) is 6.07 Å². The number of urea groups is 1. The molecule has 0 spiro atoms. The molecule has 3 aromatic rings. The van der Waals surface area contributed by atoms with Gasteiger partial charge >= 0.3 is 12.0 Å². The molecular formula is C30H34N4O6. The van der Waals surface area contributed by atoms with E-state index in [0.717, 1.165) is 31.4 Å². The van der Waals surface area contributed by atoms with E-state index in [4.69, 9.17) is 9.47 Å². The van der Waals surface area contributed by atoms with Gasteiger partial charge in [0.1, 0.15) is 11.5 Å². The van der Waals surface area contributed by atoms with Gasteiger partial charge in [-0.3, -0.25) is 4.79 Å². The van der Waals surface area contributed by atoms with E-state index in [0.29, 0.717) is 17.2 Å². The van der Waals surface area contributed by atoms with Gasteiger partial charge in [-0.25, -0.2) is 14.6 Å². The van der Waals surface area contributed by atoms with E-state index in [1.807, 2.05) is 38.1 Å². The minimum Gasteiger partial charge on any atom is -0.490 e. The zero-order valence-electron chi connectivity index (χ0n) is 22.6. The zero-order chi connectivity index (χ0) is 28.5. The highest BCUT2D eigenvalue weighted by Crippen LogP contribution is 2.27. The average molecular weight is 547 g/mol. The number of nitrogens with zero attached hydrogens (tertiary/aromatic N) is 1. The summed E-state index contributed by atoms with van der Waals surface area (Å²) in [6, 6.07) is 17.1. The lowest BCUT2D eigenvalue weighted by Gasteiger charge is -2.29. The Balaban J connectivity index is 1.22. The SMILES string of the molecule is CC(C)NC(=O)NC1CCC(Oc2ccc(Oc3ccc(CC(=O)Nc4ccccc4C(=O)O)cn3)cc2)CC1. The van der Waals surface area contributed by atoms with Crippen molar-refractivity contribution in [1.29, 1.82) is 0 Å². The molecule has 1 aliphatic rings. The van der Waals surface area contributed by atoms with Crippen molar-refractivity contribution in [2.24, 2.45) is 0 Å². The lowest BCUT2D eigenvalue weighted by molar-refractivity contribution is -0.115. The molecule has 1 saturated carbocycles. The van der Waals surface area contributed by atoms with Crippen molar-refractivity contribution < 1.29 is 29.0 Å². The topological polar surface area (TPSA) is 139 Å². The Bertz CT molecular complexity index is 1300. The Labute approximate surface area is 233 Å². The Morgan fingerprint density at radius 1 is 0.950 bits per heavy atom. The summed E-state index contributed by atoms with van der Waals surface area (Å²) < 4.78 is 11.9. The molecule has 0 aliphatic heterocycles. The largest absolute Gasteiger partial charge is 0.490 e. The van der Waals surface area contributed by atoms with E-state index in [-0.39, 0.29) is 47.8 Å². The van der Waals surface area contributed by atoms with Crippen molar-refractivity contribution in [2.75, 3.05) is 5.32 Å². The van der Waals surface area contributed by atoms with Gasteiger partial charge < -0.3 is 30.5 Å². The van der Waals surface area contributed by atoms with Gasteiger partial charge in [0.05, 0.1) is 23.8 Å². The van der Waals surface area contributed by atoms with Crippen LogP contribution in [0.5, 0.6) is 17.4 Å². The van der Waals surface area contributed by atoms with Gasteiger partial charge in [0.15, 0.2) is 0 Å². The van der Waals surface area contributed by atoms with Gasteiger partial charge in [0.2, 0.25) is 11.8 Å². The Morgan fingerprint density at radius 3 is 2.30 bits per heavy atom. The first kappa shape index (κ1) is 28.4. The van der Waals surface area contributed by atoms with Crippen molar-refractivity contribution in [3.05, 3.63) is 78.0 Å². The van der Waals surface area contributed by atoms with Gasteiger partial charge in [0, 0.05) is 24.3 Å². The van der Waals surface area contributed by atoms with E-state index < -0.39 is 5.97 Å². The molecule has 2 aromatic carbocycles. The van der Waals surface area contributed by atoms with E-state index in [2.05, 4.69) is 20.9 Å². The fourth-order valence-corrected chi connectivity index (χ4v) is 4.45. The maximum atomic E-state index is 12.4. The number of hydrogen-bond donors (Lipinski definition) is 4. The molecular weight excluding hydrogens is 512 g/mol. The van der Waals surface area contributed by atoms with Crippen molar-refractivity contribution in [1.82, 2.24) is 15.6 Å². The number of hydrogen-bond acceptors (Lipinski definition) is 6. The third-order valence-corrected chi connectivity index (χ3v) is 6.37. The first-order valence-corrected chi connectivity index (χ1v) is 13.3. The van der Waals surface area contributed by atoms with E-state index >= 15 is 0 Å². The Morgan fingerprint density at radius 2 is 1.65 bits per heavy atom. The van der Waals surface area contributed by atoms with Crippen LogP contribution in [0, 0.1) is 0 Å². The molecule has 210 valence electrons. The van der Waals surface area contributed by atoms with Crippen LogP contribution in [0.1, 0.15) is 55.5 Å². The molecule has 3 amide bonds. The van der Waals surface area contributed by atoms with Crippen molar-refractivity contribution in [2.45, 2.75) is 64.1 Å². The fraction of sp³-hybridized carbons (Fsp3) is 0.333. The number of amides is 3. The van der Waals surface area contributed by atoms with Gasteiger partial charge in [-0.1, -0.05) is 18.2 Å². The van der Waals surface area contributed by atoms with Crippen LogP contribution < -0.4 is 25.4 Å². The van der Waals surface area contributed by atoms with Crippen LogP contribution >= 0.6 is 0 Å². The van der Waals surface area contributed by atoms with E-state index in [9.17, 15) is 19.5 Å². The fourth-order valence-electron chi connectivity index (χ4n) is 4.45. The molecule has 4 rings (SSSR count). The number of para-hydroxylation sites is 1. The second kappa shape index (κ2) is 13.5. The molecule has 0 radical (unpaired) electrons. The smallest absolute Gasteiger partial charge is 0.337 e. The summed E-state index contributed by atoms with van der Waals surface area (Å²) in [6.45, 7) is 3.87. The molecule has 0 bridgehead atoms. The van der Waals surface area contributed by atoms with Crippen molar-refractivity contribution >= 4 is 23.6 Å². The van der Waals surface area contributed by atoms with E-state index in [1.54, 1.807) is 36.5 Å². The van der Waals surface area contributed by atoms with Crippen molar-refractivity contribution in [3.8, 4) is 17.4 Å². The Kier molecular flexibility index (Phi) is 9.56. The molecule has 1 aromatic heterocycles. The number of aromatic nitrogens is 1. The van der Waals surface area contributed by atoms with Gasteiger partial charge in [-0.05, 0) is 81.5 Å². The van der Waals surface area contributed by atoms with Crippen LogP contribution in [0.25, 0.3) is 0 Å². The highest BCUT2D eigenvalue weighted by Gasteiger charge is 2.24. The van der Waals surface area contributed by atoms with Crippen LogP contribution in [0.2, 0.25) is 0 Å². The Hall–Kier alpha value is -4.60. The molecule has 0 saturated heterocycles. The summed E-state index contributed by atoms with van der Waals surface area (Å²) in [5, 5.41) is 17.8. The summed E-state index contributed by atoms with van der Waals surface area (Å²) in [5.41, 5.74) is 0.935. The normalized spacial score (nSPS) is 16.6. The molecule has 1 heterocycles. The highest BCUT2D eigenvalue weighted by molar-refractivity contribution is 6.00. The number of carboxylic acid groups (broad SMARTS) is 1. The molecule has 1 aliphatic carbocycles. The predicted octanol–water partition coefficient (Wildman–Crippen LogP) is 5.15. The van der Waals surface area contributed by atoms with Gasteiger partial charge in [-0.2, -0.15) is 0 Å². The molecule has 10 heteroatoms. The molecule has 40 heavy (non-hydrogen) atoms. The average Bonchev–Trinajstić information content (AvgIpc) is 2.92. The maximum absolute atomic E-state index is 12.4. The number of carbonyl (C=O) groups excluding carboxylic acids is 2. The first-order valence-electron chi connectivity index (χ1n) is 13.3. The number of rotatable bonds is 10. The number of carbonyl (C=O) groups is 3. The minimum absolute atomic E-state index is 0.0294. The molecule has 1 fully saturated rings. The van der Waals surface area contributed by atoms with Crippen LogP contribution in [0.3, 0.4) is 0 Å². The predicted molar refractivity (Wildman–Crippen MR) is 150 cm³/mol. The first-order chi connectivity index (χ1) is 19.2. The lowest BCUT2D eigenvalue weighted by atomic mass is 9.93. The standard InChI is InChI=1S/C30H34N4O6/c1-19(2)32-30(38)33-21-8-10-22(11-9-21)39-23-12-14-24(15-13-23)40-28-16-7-20(18-31-28)17-27(35)34-26-6-4-3-5-25(26)29(36)37/h3-7,12-16,18-19,21-22H,8-11,17H2,1-2H3,(H,34,35)(H,36,37)(H2,32,33,38). The third-order valence-electron chi connectivity index (χ3n) is 6.37. The second-order valence-electron chi connectivity index (χ2n) is 10.0. The number of carboxylic acids is 1. The number of ether oxygens (including phenoxy) is 2. The summed E-state index contributed by atoms with van der Waals surface area (Å²) >= 11 is 0. The number of benzene rings is 2. The molecule has 10 nitrogen and oxygen atoms in total. The third kappa shape index (κ3) is 8.45. The second-order valence-corrected chi connectivity index (χ2v) is 10.0. The molecule has 0 unspecified atom stereocenters. The summed E-state index contributed by atoms with van der Waals surface area (Å²) in [4.78, 5) is 39.9. The minimum atomic E-state index is -1.11. The molecule has 4 N–H and O–H groups in total. The number of anilines is 1.